The highest BCUT2D eigenvalue weighted by Gasteiger charge is 2.13. The Hall–Kier alpha value is -3.45. The van der Waals surface area contributed by atoms with Gasteiger partial charge in [-0.05, 0) is 54.1 Å². The molecular weight excluding hydrogens is 362 g/mol. The average molecular weight is 379 g/mol. The van der Waals surface area contributed by atoms with E-state index < -0.39 is 10.0 Å². The molecule has 1 aromatic heterocycles. The summed E-state index contributed by atoms with van der Waals surface area (Å²) in [5.41, 5.74) is 1.78. The third-order valence-corrected chi connectivity index (χ3v) is 4.97. The van der Waals surface area contributed by atoms with Gasteiger partial charge in [-0.2, -0.15) is 0 Å². The molecule has 1 heterocycles. The summed E-state index contributed by atoms with van der Waals surface area (Å²) < 4.78 is 27.3. The molecule has 0 aliphatic rings. The van der Waals surface area contributed by atoms with Crippen molar-refractivity contribution < 1.29 is 13.2 Å². The third-order valence-electron chi connectivity index (χ3n) is 3.57. The maximum absolute atomic E-state index is 12.4. The van der Waals surface area contributed by atoms with Crippen molar-refractivity contribution in [3.05, 3.63) is 90.8 Å². The predicted molar refractivity (Wildman–Crippen MR) is 106 cm³/mol. The highest BCUT2D eigenvalue weighted by atomic mass is 32.2. The fourth-order valence-corrected chi connectivity index (χ4v) is 3.33. The van der Waals surface area contributed by atoms with E-state index in [-0.39, 0.29) is 10.8 Å². The summed E-state index contributed by atoms with van der Waals surface area (Å²) in [4.78, 5) is 16.0. The standard InChI is InChI=1S/C20H17N3O3S/c24-20(13-8-16-5-4-14-21-15-16)22-17-9-11-19(12-10-17)27(25,26)23-18-6-2-1-3-7-18/h1-15,23H,(H,22,24). The molecule has 0 saturated carbocycles. The highest BCUT2D eigenvalue weighted by molar-refractivity contribution is 7.92. The topological polar surface area (TPSA) is 88.2 Å². The lowest BCUT2D eigenvalue weighted by Crippen LogP contribution is -2.13. The lowest BCUT2D eigenvalue weighted by molar-refractivity contribution is -0.111. The van der Waals surface area contributed by atoms with E-state index in [2.05, 4.69) is 15.0 Å². The number of benzene rings is 2. The van der Waals surface area contributed by atoms with Crippen molar-refractivity contribution in [2.75, 3.05) is 10.0 Å². The number of nitrogens with zero attached hydrogens (tertiary/aromatic N) is 1. The van der Waals surface area contributed by atoms with E-state index in [0.717, 1.165) is 5.56 Å². The largest absolute Gasteiger partial charge is 0.323 e. The van der Waals surface area contributed by atoms with Crippen molar-refractivity contribution in [3.8, 4) is 0 Å². The molecule has 0 atom stereocenters. The van der Waals surface area contributed by atoms with Crippen LogP contribution in [0.4, 0.5) is 11.4 Å². The Kier molecular flexibility index (Phi) is 5.63. The first kappa shape index (κ1) is 18.3. The molecule has 1 amide bonds. The molecule has 136 valence electrons. The van der Waals surface area contributed by atoms with Crippen LogP contribution in [0.25, 0.3) is 6.08 Å². The second-order valence-electron chi connectivity index (χ2n) is 5.60. The first-order chi connectivity index (χ1) is 13.0. The van der Waals surface area contributed by atoms with Gasteiger partial charge >= 0.3 is 0 Å². The zero-order valence-corrected chi connectivity index (χ0v) is 15.1. The van der Waals surface area contributed by atoms with Crippen molar-refractivity contribution in [3.63, 3.8) is 0 Å². The predicted octanol–water partition coefficient (Wildman–Crippen LogP) is 3.53. The van der Waals surface area contributed by atoms with Gasteiger partial charge in [0.2, 0.25) is 5.91 Å². The van der Waals surface area contributed by atoms with Crippen LogP contribution in [0.5, 0.6) is 0 Å². The second kappa shape index (κ2) is 8.29. The number of amides is 1. The smallest absolute Gasteiger partial charge is 0.261 e. The monoisotopic (exact) mass is 379 g/mol. The number of hydrogen-bond acceptors (Lipinski definition) is 4. The third kappa shape index (κ3) is 5.26. The number of pyridine rings is 1. The van der Waals surface area contributed by atoms with Gasteiger partial charge in [-0.3, -0.25) is 14.5 Å². The molecule has 0 aliphatic carbocycles. The van der Waals surface area contributed by atoms with E-state index in [9.17, 15) is 13.2 Å². The number of rotatable bonds is 6. The normalized spacial score (nSPS) is 11.3. The summed E-state index contributed by atoms with van der Waals surface area (Å²) in [7, 11) is -3.69. The maximum Gasteiger partial charge on any atom is 0.261 e. The first-order valence-electron chi connectivity index (χ1n) is 8.10. The number of para-hydroxylation sites is 1. The number of hydrogen-bond donors (Lipinski definition) is 2. The molecular formula is C20H17N3O3S. The van der Waals surface area contributed by atoms with E-state index in [4.69, 9.17) is 0 Å². The summed E-state index contributed by atoms with van der Waals surface area (Å²) in [5, 5.41) is 2.68. The quantitative estimate of drug-likeness (QED) is 0.641. The Morgan fingerprint density at radius 2 is 1.63 bits per heavy atom. The van der Waals surface area contributed by atoms with Crippen molar-refractivity contribution in [2.24, 2.45) is 0 Å². The van der Waals surface area contributed by atoms with Crippen LogP contribution >= 0.6 is 0 Å². The summed E-state index contributed by atoms with van der Waals surface area (Å²) in [6.07, 6.45) is 6.33. The molecule has 0 aliphatic heterocycles. The first-order valence-corrected chi connectivity index (χ1v) is 9.58. The van der Waals surface area contributed by atoms with Crippen molar-refractivity contribution in [1.82, 2.24) is 4.98 Å². The molecule has 0 bridgehead atoms. The highest BCUT2D eigenvalue weighted by Crippen LogP contribution is 2.18. The van der Waals surface area contributed by atoms with E-state index in [1.54, 1.807) is 54.9 Å². The Morgan fingerprint density at radius 1 is 0.889 bits per heavy atom. The van der Waals surface area contributed by atoms with Crippen LogP contribution < -0.4 is 10.0 Å². The minimum absolute atomic E-state index is 0.107. The molecule has 6 nitrogen and oxygen atoms in total. The van der Waals surface area contributed by atoms with Gasteiger partial charge in [0, 0.05) is 29.8 Å². The van der Waals surface area contributed by atoms with Crippen molar-refractivity contribution in [2.45, 2.75) is 4.90 Å². The molecule has 3 aromatic rings. The maximum atomic E-state index is 12.4. The molecule has 0 fully saturated rings. The Labute approximate surface area is 157 Å². The van der Waals surface area contributed by atoms with Gasteiger partial charge in [0.05, 0.1) is 4.90 Å². The van der Waals surface area contributed by atoms with Crippen LogP contribution in [0.3, 0.4) is 0 Å². The van der Waals surface area contributed by atoms with Crippen LogP contribution in [-0.2, 0) is 14.8 Å². The van der Waals surface area contributed by atoms with Gasteiger partial charge in [-0.15, -0.1) is 0 Å². The lowest BCUT2D eigenvalue weighted by atomic mass is 10.2. The van der Waals surface area contributed by atoms with Gasteiger partial charge in [0.25, 0.3) is 10.0 Å². The molecule has 3 rings (SSSR count). The van der Waals surface area contributed by atoms with Crippen LogP contribution in [0, 0.1) is 0 Å². The minimum atomic E-state index is -3.69. The van der Waals surface area contributed by atoms with E-state index in [1.165, 1.54) is 30.3 Å². The minimum Gasteiger partial charge on any atom is -0.323 e. The Balaban J connectivity index is 1.64. The van der Waals surface area contributed by atoms with Crippen molar-refractivity contribution in [1.29, 1.82) is 0 Å². The number of nitrogens with one attached hydrogen (secondary N) is 2. The number of carbonyl (C=O) groups excluding carboxylic acids is 1. The van der Waals surface area contributed by atoms with Gasteiger partial charge < -0.3 is 5.32 Å². The molecule has 0 spiro atoms. The summed E-state index contributed by atoms with van der Waals surface area (Å²) in [6.45, 7) is 0. The zero-order chi connectivity index (χ0) is 19.1. The van der Waals surface area contributed by atoms with Crippen LogP contribution in [-0.4, -0.2) is 19.3 Å². The summed E-state index contributed by atoms with van der Waals surface area (Å²) in [5.74, 6) is -0.322. The van der Waals surface area contributed by atoms with Gasteiger partial charge in [-0.25, -0.2) is 8.42 Å². The molecule has 2 aromatic carbocycles. The number of sulfonamides is 1. The van der Waals surface area contributed by atoms with Crippen LogP contribution in [0.1, 0.15) is 5.56 Å². The van der Waals surface area contributed by atoms with Crippen LogP contribution in [0.2, 0.25) is 0 Å². The Bertz CT molecular complexity index is 1030. The fourth-order valence-electron chi connectivity index (χ4n) is 2.27. The summed E-state index contributed by atoms with van der Waals surface area (Å²) >= 11 is 0. The fraction of sp³-hybridized carbons (Fsp3) is 0. The van der Waals surface area contributed by atoms with E-state index >= 15 is 0 Å². The number of anilines is 2. The summed E-state index contributed by atoms with van der Waals surface area (Å²) in [6, 6.07) is 18.2. The number of aromatic nitrogens is 1. The van der Waals surface area contributed by atoms with Gasteiger partial charge in [-0.1, -0.05) is 24.3 Å². The molecule has 27 heavy (non-hydrogen) atoms. The Morgan fingerprint density at radius 3 is 2.30 bits per heavy atom. The molecule has 7 heteroatoms. The average Bonchev–Trinajstić information content (AvgIpc) is 2.68. The van der Waals surface area contributed by atoms with Gasteiger partial charge in [0.1, 0.15) is 0 Å². The van der Waals surface area contributed by atoms with Crippen molar-refractivity contribution >= 4 is 33.4 Å². The number of carbonyl (C=O) groups is 1. The van der Waals surface area contributed by atoms with E-state index in [0.29, 0.717) is 11.4 Å². The van der Waals surface area contributed by atoms with E-state index in [1.807, 2.05) is 6.07 Å². The zero-order valence-electron chi connectivity index (χ0n) is 14.2. The SMILES string of the molecule is O=C(C=Cc1cccnc1)Nc1ccc(S(=O)(=O)Nc2ccccc2)cc1. The molecule has 2 N–H and O–H groups in total. The van der Waals surface area contributed by atoms with Gasteiger partial charge in [0.15, 0.2) is 0 Å². The molecule has 0 radical (unpaired) electrons. The molecule has 0 saturated heterocycles. The second-order valence-corrected chi connectivity index (χ2v) is 7.29. The molecule has 0 unspecified atom stereocenters. The lowest BCUT2D eigenvalue weighted by Gasteiger charge is -2.09. The van der Waals surface area contributed by atoms with Crippen LogP contribution in [0.15, 0.2) is 90.1 Å².